The predicted octanol–water partition coefficient (Wildman–Crippen LogP) is 4.56. The van der Waals surface area contributed by atoms with E-state index in [1.165, 1.54) is 32.1 Å². The van der Waals surface area contributed by atoms with E-state index in [9.17, 15) is 0 Å². The van der Waals surface area contributed by atoms with E-state index in [-0.39, 0.29) is 0 Å². The van der Waals surface area contributed by atoms with Crippen molar-refractivity contribution in [1.29, 1.82) is 0 Å². The van der Waals surface area contributed by atoms with Gasteiger partial charge in [-0.1, -0.05) is 45.8 Å². The first-order valence-corrected chi connectivity index (χ1v) is 5.94. The highest BCUT2D eigenvalue weighted by atomic mass is 14.6. The summed E-state index contributed by atoms with van der Waals surface area (Å²) in [5, 5.41) is 0. The van der Waals surface area contributed by atoms with Crippen LogP contribution in [0, 0.1) is 11.3 Å². The smallest absolute Gasteiger partial charge is 0.00594 e. The van der Waals surface area contributed by atoms with Crippen LogP contribution in [-0.2, 0) is 0 Å². The molecule has 0 amide bonds. The summed E-state index contributed by atoms with van der Waals surface area (Å²) < 4.78 is 0. The molecular weight excluding hydrogens is 156 g/mol. The van der Waals surface area contributed by atoms with Crippen molar-refractivity contribution >= 4 is 0 Å². The Hall–Kier alpha value is -0.260. The van der Waals surface area contributed by atoms with Crippen LogP contribution < -0.4 is 0 Å². The van der Waals surface area contributed by atoms with Gasteiger partial charge in [0.25, 0.3) is 0 Å². The van der Waals surface area contributed by atoms with Crippen molar-refractivity contribution in [3.63, 3.8) is 0 Å². The second-order valence-corrected chi connectivity index (χ2v) is 4.31. The van der Waals surface area contributed by atoms with Crippen LogP contribution in [-0.4, -0.2) is 0 Å². The fourth-order valence-corrected chi connectivity index (χ4v) is 2.92. The Morgan fingerprint density at radius 1 is 1.31 bits per heavy atom. The van der Waals surface area contributed by atoms with Crippen LogP contribution in [0.25, 0.3) is 0 Å². The van der Waals surface area contributed by atoms with Gasteiger partial charge in [-0.05, 0) is 37.0 Å². The number of hydrogen-bond donors (Lipinski definition) is 0. The van der Waals surface area contributed by atoms with Gasteiger partial charge >= 0.3 is 0 Å². The highest BCUT2D eigenvalue weighted by Crippen LogP contribution is 2.62. The molecule has 1 saturated carbocycles. The summed E-state index contributed by atoms with van der Waals surface area (Å²) in [6, 6.07) is 0. The van der Waals surface area contributed by atoms with E-state index >= 15 is 0 Å². The molecule has 1 aliphatic rings. The molecule has 0 saturated heterocycles. The topological polar surface area (TPSA) is 0 Å². The van der Waals surface area contributed by atoms with Crippen LogP contribution in [0.3, 0.4) is 0 Å². The lowest BCUT2D eigenvalue weighted by Crippen LogP contribution is -2.06. The molecule has 0 spiro atoms. The molecule has 0 unspecified atom stereocenters. The molecule has 13 heavy (non-hydrogen) atoms. The zero-order valence-corrected chi connectivity index (χ0v) is 9.69. The van der Waals surface area contributed by atoms with E-state index in [4.69, 9.17) is 0 Å². The Morgan fingerprint density at radius 2 is 2.00 bits per heavy atom. The van der Waals surface area contributed by atoms with Crippen LogP contribution in [0.4, 0.5) is 0 Å². The van der Waals surface area contributed by atoms with Crippen LogP contribution in [0.5, 0.6) is 0 Å². The van der Waals surface area contributed by atoms with Crippen molar-refractivity contribution in [1.82, 2.24) is 0 Å². The molecule has 0 aromatic rings. The minimum atomic E-state index is 0.638. The van der Waals surface area contributed by atoms with Crippen molar-refractivity contribution in [2.45, 2.75) is 59.8 Å². The molecule has 1 rings (SSSR count). The van der Waals surface area contributed by atoms with Crippen molar-refractivity contribution in [3.05, 3.63) is 11.6 Å². The summed E-state index contributed by atoms with van der Waals surface area (Å²) in [5.74, 6) is 0.996. The average Bonchev–Trinajstić information content (AvgIpc) is 2.89. The lowest BCUT2D eigenvalue weighted by Gasteiger charge is -2.18. The molecule has 0 N–H and O–H groups in total. The van der Waals surface area contributed by atoms with Crippen molar-refractivity contribution < 1.29 is 0 Å². The van der Waals surface area contributed by atoms with Crippen molar-refractivity contribution in [2.75, 3.05) is 0 Å². The van der Waals surface area contributed by atoms with E-state index in [0.29, 0.717) is 5.41 Å². The molecule has 0 aromatic carbocycles. The highest BCUT2D eigenvalue weighted by Gasteiger charge is 2.52. The minimum Gasteiger partial charge on any atom is -0.0850 e. The first kappa shape index (κ1) is 10.8. The fourth-order valence-electron chi connectivity index (χ4n) is 2.92. The SMILES string of the molecule is CC/C=C(\CC)[C@]1(CC)C[C@H]1CC. The van der Waals surface area contributed by atoms with Gasteiger partial charge in [-0.25, -0.2) is 0 Å². The quantitative estimate of drug-likeness (QED) is 0.544. The van der Waals surface area contributed by atoms with Crippen molar-refractivity contribution in [2.24, 2.45) is 11.3 Å². The molecule has 0 aromatic heterocycles. The maximum atomic E-state index is 2.47. The summed E-state index contributed by atoms with van der Waals surface area (Å²) in [6.45, 7) is 9.25. The Labute approximate surface area is 83.4 Å². The zero-order valence-electron chi connectivity index (χ0n) is 9.69. The third-order valence-electron chi connectivity index (χ3n) is 3.83. The van der Waals surface area contributed by atoms with Gasteiger partial charge in [-0.2, -0.15) is 0 Å². The highest BCUT2D eigenvalue weighted by molar-refractivity contribution is 5.24. The molecule has 0 heterocycles. The Bertz CT molecular complexity index is 190. The average molecular weight is 180 g/mol. The Balaban J connectivity index is 2.72. The lowest BCUT2D eigenvalue weighted by molar-refractivity contribution is 0.491. The molecule has 2 atom stereocenters. The van der Waals surface area contributed by atoms with Gasteiger partial charge in [-0.15, -0.1) is 0 Å². The summed E-state index contributed by atoms with van der Waals surface area (Å²) in [4.78, 5) is 0. The standard InChI is InChI=1S/C13H24/c1-5-9-11(6-2)13(8-4)10-12(13)7-3/h9,12H,5-8,10H2,1-4H3/b11-9+/t12-,13+/m1/s1. The van der Waals surface area contributed by atoms with Gasteiger partial charge in [0.1, 0.15) is 0 Å². The third kappa shape index (κ3) is 1.82. The number of rotatable bonds is 5. The summed E-state index contributed by atoms with van der Waals surface area (Å²) in [7, 11) is 0. The lowest BCUT2D eigenvalue weighted by atomic mass is 9.87. The molecule has 76 valence electrons. The first-order chi connectivity index (χ1) is 6.25. The normalized spacial score (nSPS) is 33.5. The van der Waals surface area contributed by atoms with Gasteiger partial charge in [0.05, 0.1) is 0 Å². The number of hydrogen-bond acceptors (Lipinski definition) is 0. The van der Waals surface area contributed by atoms with Gasteiger partial charge in [0.15, 0.2) is 0 Å². The monoisotopic (exact) mass is 180 g/mol. The van der Waals surface area contributed by atoms with Crippen LogP contribution in [0.2, 0.25) is 0 Å². The fraction of sp³-hybridized carbons (Fsp3) is 0.846. The van der Waals surface area contributed by atoms with Gasteiger partial charge < -0.3 is 0 Å². The van der Waals surface area contributed by atoms with Gasteiger partial charge in [0, 0.05) is 0 Å². The van der Waals surface area contributed by atoms with Crippen LogP contribution in [0.15, 0.2) is 11.6 Å². The third-order valence-corrected chi connectivity index (χ3v) is 3.83. The van der Waals surface area contributed by atoms with Crippen LogP contribution in [0.1, 0.15) is 59.8 Å². The predicted molar refractivity (Wildman–Crippen MR) is 59.8 cm³/mol. The van der Waals surface area contributed by atoms with E-state index < -0.39 is 0 Å². The second kappa shape index (κ2) is 4.30. The molecule has 0 radical (unpaired) electrons. The molecule has 1 aliphatic carbocycles. The largest absolute Gasteiger partial charge is 0.0850 e. The molecule has 0 nitrogen and oxygen atoms in total. The molecule has 1 fully saturated rings. The van der Waals surface area contributed by atoms with Crippen molar-refractivity contribution in [3.8, 4) is 0 Å². The van der Waals surface area contributed by atoms with E-state index in [1.54, 1.807) is 5.57 Å². The second-order valence-electron chi connectivity index (χ2n) is 4.31. The van der Waals surface area contributed by atoms with Gasteiger partial charge in [-0.3, -0.25) is 0 Å². The van der Waals surface area contributed by atoms with Gasteiger partial charge in [0.2, 0.25) is 0 Å². The summed E-state index contributed by atoms with van der Waals surface area (Å²) in [5.41, 5.74) is 2.38. The Morgan fingerprint density at radius 3 is 2.31 bits per heavy atom. The van der Waals surface area contributed by atoms with E-state index in [2.05, 4.69) is 33.8 Å². The van der Waals surface area contributed by atoms with E-state index in [0.717, 1.165) is 5.92 Å². The first-order valence-electron chi connectivity index (χ1n) is 5.94. The molecule has 0 heteroatoms. The Kier molecular flexibility index (Phi) is 3.58. The molecule has 0 aliphatic heterocycles. The van der Waals surface area contributed by atoms with Crippen LogP contribution >= 0.6 is 0 Å². The zero-order chi connectivity index (χ0) is 9.90. The summed E-state index contributed by atoms with van der Waals surface area (Å²) >= 11 is 0. The maximum absolute atomic E-state index is 2.47. The minimum absolute atomic E-state index is 0.638. The summed E-state index contributed by atoms with van der Waals surface area (Å²) in [6.07, 6.45) is 9.12. The maximum Gasteiger partial charge on any atom is -0.00594 e. The molecular formula is C13H24. The van der Waals surface area contributed by atoms with E-state index in [1.807, 2.05) is 0 Å². The molecule has 0 bridgehead atoms. The number of allylic oxidation sites excluding steroid dienone is 2.